The second-order valence-corrected chi connectivity index (χ2v) is 7.58. The van der Waals surface area contributed by atoms with Crippen LogP contribution in [0.3, 0.4) is 0 Å². The van der Waals surface area contributed by atoms with E-state index in [0.717, 1.165) is 5.56 Å². The molecule has 3 N–H and O–H groups in total. The first-order chi connectivity index (χ1) is 15.5. The molecule has 0 aliphatic rings. The van der Waals surface area contributed by atoms with Gasteiger partial charge in [-0.1, -0.05) is 65.9 Å². The third-order valence-corrected chi connectivity index (χ3v) is 5.48. The van der Waals surface area contributed by atoms with Crippen molar-refractivity contribution in [2.45, 2.75) is 25.3 Å². The number of H-pyrrole nitrogens is 1. The Labute approximate surface area is 184 Å². The van der Waals surface area contributed by atoms with Crippen molar-refractivity contribution in [3.8, 4) is 0 Å². The molecule has 162 valence electrons. The second-order valence-electron chi connectivity index (χ2n) is 7.58. The van der Waals surface area contributed by atoms with E-state index in [4.69, 9.17) is 0 Å². The molecule has 0 aliphatic heterocycles. The second kappa shape index (κ2) is 8.89. The van der Waals surface area contributed by atoms with Gasteiger partial charge in [-0.25, -0.2) is 4.79 Å². The number of amides is 1. The lowest BCUT2D eigenvalue weighted by Crippen LogP contribution is -2.58. The molecule has 1 atom stereocenters. The van der Waals surface area contributed by atoms with Crippen molar-refractivity contribution >= 4 is 28.6 Å². The minimum absolute atomic E-state index is 0.206. The van der Waals surface area contributed by atoms with Gasteiger partial charge in [0.1, 0.15) is 5.52 Å². The van der Waals surface area contributed by atoms with Crippen molar-refractivity contribution in [1.82, 2.24) is 20.8 Å². The van der Waals surface area contributed by atoms with Crippen molar-refractivity contribution in [3.05, 3.63) is 90.0 Å². The Morgan fingerprint density at radius 1 is 1.00 bits per heavy atom. The highest BCUT2D eigenvalue weighted by molar-refractivity contribution is 5.92. The summed E-state index contributed by atoms with van der Waals surface area (Å²) >= 11 is 0. The van der Waals surface area contributed by atoms with Gasteiger partial charge in [-0.15, -0.1) is 5.10 Å². The van der Waals surface area contributed by atoms with Gasteiger partial charge in [-0.3, -0.25) is 20.3 Å². The Balaban J connectivity index is 1.72. The van der Waals surface area contributed by atoms with Gasteiger partial charge in [-0.05, 0) is 37.1 Å². The number of aromatic nitrogens is 3. The maximum atomic E-state index is 12.9. The molecule has 8 nitrogen and oxygen atoms in total. The van der Waals surface area contributed by atoms with Gasteiger partial charge in [0, 0.05) is 12.0 Å². The standard InChI is InChI=1S/C24H23N5O3/c1-24(23(31)32,19-13-8-14-20-22(19)26-28-25-20)29(18-11-6-3-7-12-18)27-21(30)16-15-17-9-4-2-5-10-17/h2-14H,15-16H2,1H3,(H,27,30)(H,31,32)(H,25,26,28)/t24-/m1/s1. The summed E-state index contributed by atoms with van der Waals surface area (Å²) in [5.74, 6) is -1.43. The summed E-state index contributed by atoms with van der Waals surface area (Å²) in [4.78, 5) is 25.6. The summed E-state index contributed by atoms with van der Waals surface area (Å²) in [5, 5.41) is 22.5. The van der Waals surface area contributed by atoms with Gasteiger partial charge >= 0.3 is 5.97 Å². The van der Waals surface area contributed by atoms with Crippen LogP contribution in [-0.2, 0) is 21.5 Å². The minimum atomic E-state index is -1.65. The number of carboxylic acid groups (broad SMARTS) is 1. The lowest BCUT2D eigenvalue weighted by Gasteiger charge is -2.39. The largest absolute Gasteiger partial charge is 0.479 e. The zero-order valence-electron chi connectivity index (χ0n) is 17.5. The van der Waals surface area contributed by atoms with Gasteiger partial charge in [0.15, 0.2) is 5.54 Å². The first kappa shape index (κ1) is 21.0. The molecule has 0 saturated carbocycles. The molecule has 0 aliphatic carbocycles. The van der Waals surface area contributed by atoms with E-state index in [-0.39, 0.29) is 12.3 Å². The van der Waals surface area contributed by atoms with Crippen molar-refractivity contribution < 1.29 is 14.7 Å². The van der Waals surface area contributed by atoms with E-state index in [0.29, 0.717) is 28.7 Å². The number of benzene rings is 3. The van der Waals surface area contributed by atoms with Crippen molar-refractivity contribution in [2.24, 2.45) is 0 Å². The molecule has 0 unspecified atom stereocenters. The molecule has 1 aromatic heterocycles. The summed E-state index contributed by atoms with van der Waals surface area (Å²) in [6.07, 6.45) is 0.745. The zero-order valence-corrected chi connectivity index (χ0v) is 17.5. The number of hydrogen-bond donors (Lipinski definition) is 3. The Morgan fingerprint density at radius 2 is 1.69 bits per heavy atom. The maximum Gasteiger partial charge on any atom is 0.336 e. The van der Waals surface area contributed by atoms with E-state index in [9.17, 15) is 14.7 Å². The van der Waals surface area contributed by atoms with Gasteiger partial charge in [0.2, 0.25) is 5.91 Å². The van der Waals surface area contributed by atoms with Crippen LogP contribution in [0.4, 0.5) is 5.69 Å². The van der Waals surface area contributed by atoms with Gasteiger partial charge in [0.25, 0.3) is 0 Å². The molecule has 3 aromatic carbocycles. The number of aliphatic carboxylic acids is 1. The number of hydrogen-bond acceptors (Lipinski definition) is 5. The number of rotatable bonds is 8. The van der Waals surface area contributed by atoms with Crippen LogP contribution in [0.25, 0.3) is 11.0 Å². The minimum Gasteiger partial charge on any atom is -0.479 e. The Morgan fingerprint density at radius 3 is 2.38 bits per heavy atom. The maximum absolute atomic E-state index is 12.9. The number of fused-ring (bicyclic) bond motifs is 1. The summed E-state index contributed by atoms with van der Waals surface area (Å²) in [7, 11) is 0. The van der Waals surface area contributed by atoms with E-state index in [1.165, 1.54) is 5.01 Å². The average Bonchev–Trinajstić information content (AvgIpc) is 3.31. The predicted octanol–water partition coefficient (Wildman–Crippen LogP) is 3.43. The van der Waals surface area contributed by atoms with Crippen LogP contribution in [0.5, 0.6) is 0 Å². The molecule has 1 heterocycles. The van der Waals surface area contributed by atoms with Gasteiger partial charge in [0.05, 0.1) is 11.2 Å². The molecule has 32 heavy (non-hydrogen) atoms. The van der Waals surface area contributed by atoms with Crippen LogP contribution in [0, 0.1) is 0 Å². The summed E-state index contributed by atoms with van der Waals surface area (Å²) < 4.78 is 0. The summed E-state index contributed by atoms with van der Waals surface area (Å²) in [6.45, 7) is 1.54. The number of carbonyl (C=O) groups is 2. The molecule has 8 heteroatoms. The Bertz CT molecular complexity index is 1230. The van der Waals surface area contributed by atoms with Crippen molar-refractivity contribution in [1.29, 1.82) is 0 Å². The first-order valence-electron chi connectivity index (χ1n) is 10.2. The number of carbonyl (C=O) groups excluding carboxylic acids is 1. The van der Waals surface area contributed by atoms with Crippen LogP contribution in [-0.4, -0.2) is 32.4 Å². The van der Waals surface area contributed by atoms with E-state index in [1.54, 1.807) is 49.4 Å². The normalized spacial score (nSPS) is 12.8. The van der Waals surface area contributed by atoms with Crippen LogP contribution < -0.4 is 10.4 Å². The highest BCUT2D eigenvalue weighted by Gasteiger charge is 2.45. The van der Waals surface area contributed by atoms with Crippen LogP contribution in [0.15, 0.2) is 78.9 Å². The molecule has 0 radical (unpaired) electrons. The monoisotopic (exact) mass is 429 g/mol. The fourth-order valence-corrected chi connectivity index (χ4v) is 3.69. The third-order valence-electron chi connectivity index (χ3n) is 5.48. The van der Waals surface area contributed by atoms with E-state index >= 15 is 0 Å². The highest BCUT2D eigenvalue weighted by atomic mass is 16.4. The van der Waals surface area contributed by atoms with Gasteiger partial charge < -0.3 is 5.11 Å². The lowest BCUT2D eigenvalue weighted by molar-refractivity contribution is -0.143. The van der Waals surface area contributed by atoms with E-state index in [1.807, 2.05) is 36.4 Å². The van der Waals surface area contributed by atoms with Crippen molar-refractivity contribution in [3.63, 3.8) is 0 Å². The molecular formula is C24H23N5O3. The number of para-hydroxylation sites is 1. The topological polar surface area (TPSA) is 111 Å². The molecule has 4 aromatic rings. The number of aromatic amines is 1. The third kappa shape index (κ3) is 4.02. The molecule has 0 spiro atoms. The van der Waals surface area contributed by atoms with Gasteiger partial charge in [-0.2, -0.15) is 0 Å². The Kier molecular flexibility index (Phi) is 5.85. The number of carboxylic acids is 1. The van der Waals surface area contributed by atoms with Crippen molar-refractivity contribution in [2.75, 3.05) is 5.01 Å². The molecule has 0 fully saturated rings. The molecule has 0 bridgehead atoms. The Hall–Kier alpha value is -4.20. The molecule has 4 rings (SSSR count). The molecule has 1 amide bonds. The molecule has 0 saturated heterocycles. The fourth-order valence-electron chi connectivity index (χ4n) is 3.69. The number of nitrogens with zero attached hydrogens (tertiary/aromatic N) is 3. The fraction of sp³-hybridized carbons (Fsp3) is 0.167. The van der Waals surface area contributed by atoms with Crippen LogP contribution in [0.2, 0.25) is 0 Å². The number of nitrogens with one attached hydrogen (secondary N) is 2. The van der Waals surface area contributed by atoms with Crippen LogP contribution in [0.1, 0.15) is 24.5 Å². The van der Waals surface area contributed by atoms with E-state index in [2.05, 4.69) is 20.8 Å². The zero-order chi connectivity index (χ0) is 22.6. The smallest absolute Gasteiger partial charge is 0.336 e. The average molecular weight is 429 g/mol. The number of anilines is 1. The predicted molar refractivity (Wildman–Crippen MR) is 121 cm³/mol. The summed E-state index contributed by atoms with van der Waals surface area (Å²) in [5.41, 5.74) is 4.19. The SMILES string of the molecule is C[C@](C(=O)O)(c1cccc2[nH]nnc12)N(NC(=O)CCc1ccccc1)c1ccccc1. The lowest BCUT2D eigenvalue weighted by atomic mass is 9.89. The quantitative estimate of drug-likeness (QED) is 0.370. The number of aryl methyl sites for hydroxylation is 1. The van der Waals surface area contributed by atoms with Crippen LogP contribution >= 0.6 is 0 Å². The number of hydrazine groups is 1. The highest BCUT2D eigenvalue weighted by Crippen LogP contribution is 2.35. The van der Waals surface area contributed by atoms with E-state index < -0.39 is 11.5 Å². The first-order valence-corrected chi connectivity index (χ1v) is 10.2. The summed E-state index contributed by atoms with van der Waals surface area (Å²) in [6, 6.07) is 23.8. The molecular weight excluding hydrogens is 406 g/mol.